The van der Waals surface area contributed by atoms with E-state index in [9.17, 15) is 14.1 Å². The number of nitrogens with zero attached hydrogens (tertiary/aromatic N) is 2. The van der Waals surface area contributed by atoms with Crippen molar-refractivity contribution in [1.29, 1.82) is 0 Å². The van der Waals surface area contributed by atoms with Crippen LogP contribution in [0.3, 0.4) is 0 Å². The Morgan fingerprint density at radius 1 is 1.43 bits per heavy atom. The molecule has 6 heteroatoms. The highest BCUT2D eigenvalue weighted by atomic mass is 32.2. The SMILES string of the molecule is CCCc1nc2c(C(=O)O)cccc2n1CCCS(C)=O. The topological polar surface area (TPSA) is 72.2 Å². The van der Waals surface area contributed by atoms with Gasteiger partial charge in [-0.25, -0.2) is 9.78 Å². The molecule has 0 amide bonds. The van der Waals surface area contributed by atoms with Crippen LogP contribution < -0.4 is 0 Å². The van der Waals surface area contributed by atoms with E-state index in [4.69, 9.17) is 0 Å². The molecule has 0 radical (unpaired) electrons. The summed E-state index contributed by atoms with van der Waals surface area (Å²) < 4.78 is 13.3. The van der Waals surface area contributed by atoms with Crippen LogP contribution >= 0.6 is 0 Å². The van der Waals surface area contributed by atoms with Gasteiger partial charge in [0.1, 0.15) is 11.3 Å². The maximum Gasteiger partial charge on any atom is 0.337 e. The van der Waals surface area contributed by atoms with Crippen molar-refractivity contribution in [3.8, 4) is 0 Å². The Labute approximate surface area is 126 Å². The minimum absolute atomic E-state index is 0.239. The number of carboxylic acid groups (broad SMARTS) is 1. The van der Waals surface area contributed by atoms with Crippen molar-refractivity contribution in [2.45, 2.75) is 32.7 Å². The molecule has 1 N–H and O–H groups in total. The molecule has 0 fully saturated rings. The molecule has 1 heterocycles. The van der Waals surface area contributed by atoms with Gasteiger partial charge in [-0.3, -0.25) is 4.21 Å². The number of benzene rings is 1. The van der Waals surface area contributed by atoms with Crippen molar-refractivity contribution in [2.75, 3.05) is 12.0 Å². The molecule has 2 aromatic rings. The van der Waals surface area contributed by atoms with Gasteiger partial charge in [0.2, 0.25) is 0 Å². The highest BCUT2D eigenvalue weighted by molar-refractivity contribution is 7.84. The molecule has 0 aliphatic heterocycles. The molecule has 0 spiro atoms. The van der Waals surface area contributed by atoms with E-state index >= 15 is 0 Å². The largest absolute Gasteiger partial charge is 0.478 e. The van der Waals surface area contributed by atoms with Crippen LogP contribution in [0.15, 0.2) is 18.2 Å². The van der Waals surface area contributed by atoms with Gasteiger partial charge in [0.25, 0.3) is 0 Å². The fourth-order valence-corrected chi connectivity index (χ4v) is 2.99. The second kappa shape index (κ2) is 6.85. The highest BCUT2D eigenvalue weighted by Gasteiger charge is 2.16. The number of imidazole rings is 1. The molecule has 0 saturated carbocycles. The van der Waals surface area contributed by atoms with E-state index in [0.717, 1.165) is 30.6 Å². The molecule has 1 atom stereocenters. The quantitative estimate of drug-likeness (QED) is 0.853. The van der Waals surface area contributed by atoms with Crippen molar-refractivity contribution in [2.24, 2.45) is 0 Å². The van der Waals surface area contributed by atoms with E-state index in [0.29, 0.717) is 17.8 Å². The zero-order chi connectivity index (χ0) is 15.4. The van der Waals surface area contributed by atoms with E-state index in [2.05, 4.69) is 16.5 Å². The number of fused-ring (bicyclic) bond motifs is 1. The number of hydrogen-bond donors (Lipinski definition) is 1. The molecule has 1 unspecified atom stereocenters. The lowest BCUT2D eigenvalue weighted by molar-refractivity contribution is 0.0699. The third-order valence-electron chi connectivity index (χ3n) is 3.38. The normalized spacial score (nSPS) is 12.7. The predicted molar refractivity (Wildman–Crippen MR) is 84.2 cm³/mol. The van der Waals surface area contributed by atoms with Crippen LogP contribution in [0.5, 0.6) is 0 Å². The zero-order valence-corrected chi connectivity index (χ0v) is 13.2. The minimum atomic E-state index is -0.956. The smallest absolute Gasteiger partial charge is 0.337 e. The first-order valence-corrected chi connectivity index (χ1v) is 8.78. The van der Waals surface area contributed by atoms with Gasteiger partial charge in [0.05, 0.1) is 11.1 Å². The first kappa shape index (κ1) is 15.7. The Kier molecular flexibility index (Phi) is 5.12. The van der Waals surface area contributed by atoms with Crippen molar-refractivity contribution >= 4 is 27.8 Å². The molecule has 0 aliphatic carbocycles. The number of hydrogen-bond acceptors (Lipinski definition) is 3. The van der Waals surface area contributed by atoms with Gasteiger partial charge in [-0.2, -0.15) is 0 Å². The van der Waals surface area contributed by atoms with Crippen molar-refractivity contribution in [1.82, 2.24) is 9.55 Å². The molecular weight excluding hydrogens is 288 g/mol. The number of aromatic carboxylic acids is 1. The fourth-order valence-electron chi connectivity index (χ4n) is 2.46. The van der Waals surface area contributed by atoms with Gasteiger partial charge in [0.15, 0.2) is 0 Å². The lowest BCUT2D eigenvalue weighted by Gasteiger charge is -2.08. The Hall–Kier alpha value is -1.69. The number of aryl methyl sites for hydroxylation is 2. The summed E-state index contributed by atoms with van der Waals surface area (Å²) in [6.07, 6.45) is 4.25. The van der Waals surface area contributed by atoms with Gasteiger partial charge < -0.3 is 9.67 Å². The summed E-state index contributed by atoms with van der Waals surface area (Å²) in [6, 6.07) is 5.23. The molecule has 21 heavy (non-hydrogen) atoms. The standard InChI is InChI=1S/C15H20N2O3S/c1-3-6-13-16-14-11(15(18)19)7-4-8-12(14)17(13)9-5-10-21(2)20/h4,7-8H,3,5-6,9-10H2,1-2H3,(H,18,19). The van der Waals surface area contributed by atoms with E-state index in [-0.39, 0.29) is 5.56 Å². The van der Waals surface area contributed by atoms with Gasteiger partial charge in [0, 0.05) is 35.8 Å². The summed E-state index contributed by atoms with van der Waals surface area (Å²) in [5.41, 5.74) is 1.63. The summed E-state index contributed by atoms with van der Waals surface area (Å²) in [7, 11) is -0.811. The van der Waals surface area contributed by atoms with Crippen LogP contribution in [0.2, 0.25) is 0 Å². The van der Waals surface area contributed by atoms with Gasteiger partial charge in [-0.1, -0.05) is 13.0 Å². The monoisotopic (exact) mass is 308 g/mol. The van der Waals surface area contributed by atoms with E-state index < -0.39 is 16.8 Å². The predicted octanol–water partition coefficient (Wildman–Crippen LogP) is 2.46. The Bertz CT molecular complexity index is 679. The Balaban J connectivity index is 2.45. The van der Waals surface area contributed by atoms with E-state index in [1.54, 1.807) is 18.4 Å². The third kappa shape index (κ3) is 3.50. The first-order chi connectivity index (χ1) is 10.0. The summed E-state index contributed by atoms with van der Waals surface area (Å²) in [6.45, 7) is 2.79. The number of para-hydroxylation sites is 1. The molecule has 2 rings (SSSR count). The van der Waals surface area contributed by atoms with Crippen LogP contribution in [0.4, 0.5) is 0 Å². The fraction of sp³-hybridized carbons (Fsp3) is 0.467. The van der Waals surface area contributed by atoms with E-state index in [1.807, 2.05) is 6.07 Å². The van der Waals surface area contributed by atoms with Crippen molar-refractivity contribution < 1.29 is 14.1 Å². The highest BCUT2D eigenvalue weighted by Crippen LogP contribution is 2.21. The maximum absolute atomic E-state index is 11.3. The molecule has 0 aliphatic rings. The third-order valence-corrected chi connectivity index (χ3v) is 4.24. The molecule has 1 aromatic carbocycles. The van der Waals surface area contributed by atoms with Gasteiger partial charge in [-0.05, 0) is 25.0 Å². The molecular formula is C15H20N2O3S. The lowest BCUT2D eigenvalue weighted by atomic mass is 10.2. The average molecular weight is 308 g/mol. The number of carbonyl (C=O) groups is 1. The summed E-state index contributed by atoms with van der Waals surface area (Å²) in [5.74, 6) is 0.593. The minimum Gasteiger partial charge on any atom is -0.478 e. The summed E-state index contributed by atoms with van der Waals surface area (Å²) in [4.78, 5) is 15.8. The van der Waals surface area contributed by atoms with Crippen LogP contribution in [0.25, 0.3) is 11.0 Å². The molecule has 0 saturated heterocycles. The second-order valence-corrected chi connectivity index (χ2v) is 6.59. The summed E-state index contributed by atoms with van der Waals surface area (Å²) >= 11 is 0. The molecule has 5 nitrogen and oxygen atoms in total. The van der Waals surface area contributed by atoms with Gasteiger partial charge in [-0.15, -0.1) is 0 Å². The number of rotatable bonds is 7. The van der Waals surface area contributed by atoms with E-state index in [1.165, 1.54) is 0 Å². The molecule has 0 bridgehead atoms. The Morgan fingerprint density at radius 3 is 2.81 bits per heavy atom. The number of aromatic nitrogens is 2. The first-order valence-electron chi connectivity index (χ1n) is 7.06. The van der Waals surface area contributed by atoms with Crippen LogP contribution in [-0.2, 0) is 23.8 Å². The van der Waals surface area contributed by atoms with Crippen molar-refractivity contribution in [3.63, 3.8) is 0 Å². The van der Waals surface area contributed by atoms with Crippen LogP contribution in [0.1, 0.15) is 35.9 Å². The zero-order valence-electron chi connectivity index (χ0n) is 12.3. The Morgan fingerprint density at radius 2 is 2.19 bits per heavy atom. The number of carboxylic acids is 1. The summed E-state index contributed by atoms with van der Waals surface area (Å²) in [5, 5.41) is 9.27. The second-order valence-electron chi connectivity index (χ2n) is 5.04. The lowest BCUT2D eigenvalue weighted by Crippen LogP contribution is -2.07. The van der Waals surface area contributed by atoms with Crippen LogP contribution in [-0.4, -0.2) is 36.8 Å². The molecule has 114 valence electrons. The molecule has 1 aromatic heterocycles. The average Bonchev–Trinajstić information content (AvgIpc) is 2.76. The van der Waals surface area contributed by atoms with Crippen LogP contribution in [0, 0.1) is 0 Å². The van der Waals surface area contributed by atoms with Gasteiger partial charge >= 0.3 is 5.97 Å². The maximum atomic E-state index is 11.3. The van der Waals surface area contributed by atoms with Crippen molar-refractivity contribution in [3.05, 3.63) is 29.6 Å².